The molecule has 3 rings (SSSR count). The van der Waals surface area contributed by atoms with E-state index in [9.17, 15) is 26.4 Å². The van der Waals surface area contributed by atoms with Crippen molar-refractivity contribution >= 4 is 21.6 Å². The monoisotopic (exact) mass is 442 g/mol. The van der Waals surface area contributed by atoms with Gasteiger partial charge in [-0.1, -0.05) is 6.07 Å². The second-order valence-electron chi connectivity index (χ2n) is 7.02. The van der Waals surface area contributed by atoms with Crippen LogP contribution in [0.2, 0.25) is 0 Å². The molecule has 1 aliphatic heterocycles. The number of nitrogens with one attached hydrogen (secondary N) is 2. The largest absolute Gasteiger partial charge is 0.416 e. The van der Waals surface area contributed by atoms with Crippen LogP contribution in [0.1, 0.15) is 35.7 Å². The maximum absolute atomic E-state index is 12.8. The van der Waals surface area contributed by atoms with E-state index in [1.54, 1.807) is 0 Å². The molecular weight excluding hydrogens is 421 g/mol. The minimum Gasteiger partial charge on any atom is -0.376 e. The molecule has 0 bridgehead atoms. The van der Waals surface area contributed by atoms with Gasteiger partial charge in [-0.25, -0.2) is 8.42 Å². The number of benzene rings is 2. The maximum Gasteiger partial charge on any atom is 0.416 e. The molecule has 2 N–H and O–H groups in total. The number of hydrogen-bond donors (Lipinski definition) is 2. The molecule has 162 valence electrons. The van der Waals surface area contributed by atoms with Gasteiger partial charge in [-0.2, -0.15) is 13.2 Å². The van der Waals surface area contributed by atoms with Crippen LogP contribution in [0.25, 0.3) is 0 Å². The molecule has 0 aromatic heterocycles. The molecule has 0 spiro atoms. The van der Waals surface area contributed by atoms with Crippen LogP contribution in [0.4, 0.5) is 18.9 Å². The number of halogens is 3. The van der Waals surface area contributed by atoms with Crippen LogP contribution in [0.3, 0.4) is 0 Å². The van der Waals surface area contributed by atoms with Gasteiger partial charge in [-0.05, 0) is 62.2 Å². The zero-order valence-corrected chi connectivity index (χ0v) is 16.9. The predicted octanol–water partition coefficient (Wildman–Crippen LogP) is 3.80. The molecule has 1 aliphatic rings. The zero-order valence-electron chi connectivity index (χ0n) is 16.1. The fourth-order valence-electron chi connectivity index (χ4n) is 3.14. The highest BCUT2D eigenvalue weighted by molar-refractivity contribution is 7.92. The highest BCUT2D eigenvalue weighted by Crippen LogP contribution is 2.31. The molecule has 2 aromatic rings. The minimum atomic E-state index is -4.59. The van der Waals surface area contributed by atoms with Gasteiger partial charge < -0.3 is 10.1 Å². The first-order chi connectivity index (χ1) is 14.1. The first-order valence-electron chi connectivity index (χ1n) is 9.29. The van der Waals surface area contributed by atoms with E-state index in [-0.39, 0.29) is 34.2 Å². The predicted molar refractivity (Wildman–Crippen MR) is 105 cm³/mol. The lowest BCUT2D eigenvalue weighted by atomic mass is 10.1. The van der Waals surface area contributed by atoms with Crippen LogP contribution in [0, 0.1) is 0 Å². The summed E-state index contributed by atoms with van der Waals surface area (Å²) in [6.07, 6.45) is -2.84. The Hall–Kier alpha value is -2.59. The van der Waals surface area contributed by atoms with Gasteiger partial charge in [0.15, 0.2) is 0 Å². The fourth-order valence-corrected chi connectivity index (χ4v) is 4.19. The van der Waals surface area contributed by atoms with Crippen LogP contribution < -0.4 is 10.0 Å². The standard InChI is InChI=1S/C20H21F3N2O4S/c1-13(18-6-3-11-29-18)24-19(26)14-7-9-17(10-8-14)30(27,28)25-16-5-2-4-15(12-16)20(21,22)23/h2,4-5,7-10,12-13,18,25H,3,6,11H2,1H3,(H,24,26)/t13-,18-/m1/s1. The lowest BCUT2D eigenvalue weighted by molar-refractivity contribution is -0.137. The summed E-state index contributed by atoms with van der Waals surface area (Å²) < 4.78 is 71.1. The van der Waals surface area contributed by atoms with Gasteiger partial charge in [0.05, 0.1) is 22.6 Å². The fraction of sp³-hybridized carbons (Fsp3) is 0.350. The first-order valence-corrected chi connectivity index (χ1v) is 10.8. The van der Waals surface area contributed by atoms with E-state index >= 15 is 0 Å². The van der Waals surface area contributed by atoms with E-state index in [4.69, 9.17) is 4.74 Å². The van der Waals surface area contributed by atoms with Crippen molar-refractivity contribution in [2.45, 2.75) is 43.0 Å². The second kappa shape index (κ2) is 8.65. The number of carbonyl (C=O) groups excluding carboxylic acids is 1. The zero-order chi connectivity index (χ0) is 21.9. The summed E-state index contributed by atoms with van der Waals surface area (Å²) in [5.41, 5.74) is -0.912. The number of carbonyl (C=O) groups is 1. The molecule has 0 radical (unpaired) electrons. The molecule has 10 heteroatoms. The van der Waals surface area contributed by atoms with Gasteiger partial charge in [0.25, 0.3) is 15.9 Å². The van der Waals surface area contributed by atoms with Gasteiger partial charge in [-0.3, -0.25) is 9.52 Å². The van der Waals surface area contributed by atoms with Crippen molar-refractivity contribution < 1.29 is 31.1 Å². The molecule has 0 aliphatic carbocycles. The van der Waals surface area contributed by atoms with Crippen molar-refractivity contribution in [3.05, 3.63) is 59.7 Å². The molecule has 1 heterocycles. The Balaban J connectivity index is 1.69. The van der Waals surface area contributed by atoms with Crippen molar-refractivity contribution in [3.63, 3.8) is 0 Å². The van der Waals surface area contributed by atoms with E-state index in [0.717, 1.165) is 25.0 Å². The minimum absolute atomic E-state index is 0.0507. The van der Waals surface area contributed by atoms with Crippen LogP contribution in [-0.2, 0) is 20.9 Å². The number of anilines is 1. The van der Waals surface area contributed by atoms with Crippen molar-refractivity contribution in [1.82, 2.24) is 5.32 Å². The molecule has 1 amide bonds. The van der Waals surface area contributed by atoms with Crippen LogP contribution >= 0.6 is 0 Å². The highest BCUT2D eigenvalue weighted by atomic mass is 32.2. The summed E-state index contributed by atoms with van der Waals surface area (Å²) in [6.45, 7) is 2.50. The molecule has 0 saturated carbocycles. The number of sulfonamides is 1. The molecule has 2 atom stereocenters. The van der Waals surface area contributed by atoms with E-state index in [1.165, 1.54) is 30.3 Å². The Morgan fingerprint density at radius 3 is 2.47 bits per heavy atom. The third kappa shape index (κ3) is 5.31. The van der Waals surface area contributed by atoms with Gasteiger partial charge in [0.2, 0.25) is 0 Å². The van der Waals surface area contributed by atoms with E-state index in [0.29, 0.717) is 12.7 Å². The van der Waals surface area contributed by atoms with Crippen LogP contribution in [-0.4, -0.2) is 33.1 Å². The maximum atomic E-state index is 12.8. The number of hydrogen-bond acceptors (Lipinski definition) is 4. The smallest absolute Gasteiger partial charge is 0.376 e. The molecule has 1 fully saturated rings. The van der Waals surface area contributed by atoms with Crippen molar-refractivity contribution in [2.75, 3.05) is 11.3 Å². The number of amides is 1. The summed E-state index contributed by atoms with van der Waals surface area (Å²) >= 11 is 0. The van der Waals surface area contributed by atoms with Crippen molar-refractivity contribution in [3.8, 4) is 0 Å². The molecule has 6 nitrogen and oxygen atoms in total. The molecule has 30 heavy (non-hydrogen) atoms. The SMILES string of the molecule is C[C@@H](NC(=O)c1ccc(S(=O)(=O)Nc2cccc(C(F)(F)F)c2)cc1)[C@H]1CCCO1. The van der Waals surface area contributed by atoms with Gasteiger partial charge in [0, 0.05) is 17.9 Å². The van der Waals surface area contributed by atoms with Crippen LogP contribution in [0.5, 0.6) is 0 Å². The van der Waals surface area contributed by atoms with Crippen molar-refractivity contribution in [1.29, 1.82) is 0 Å². The Morgan fingerprint density at radius 2 is 1.87 bits per heavy atom. The van der Waals surface area contributed by atoms with Gasteiger partial charge in [-0.15, -0.1) is 0 Å². The summed E-state index contributed by atoms with van der Waals surface area (Å²) in [5, 5.41) is 2.82. The highest BCUT2D eigenvalue weighted by Gasteiger charge is 2.31. The third-order valence-corrected chi connectivity index (χ3v) is 6.15. The topological polar surface area (TPSA) is 84.5 Å². The normalized spacial score (nSPS) is 18.1. The van der Waals surface area contributed by atoms with Gasteiger partial charge >= 0.3 is 6.18 Å². The van der Waals surface area contributed by atoms with E-state index in [2.05, 4.69) is 10.0 Å². The lowest BCUT2D eigenvalue weighted by Crippen LogP contribution is -2.40. The molecule has 2 aromatic carbocycles. The number of rotatable bonds is 6. The molecule has 0 unspecified atom stereocenters. The van der Waals surface area contributed by atoms with Gasteiger partial charge in [0.1, 0.15) is 0 Å². The second-order valence-corrected chi connectivity index (χ2v) is 8.70. The number of ether oxygens (including phenoxy) is 1. The molecular formula is C20H21F3N2O4S. The summed E-state index contributed by atoms with van der Waals surface area (Å²) in [4.78, 5) is 12.2. The number of alkyl halides is 3. The Morgan fingerprint density at radius 1 is 1.17 bits per heavy atom. The molecule has 1 saturated heterocycles. The Bertz CT molecular complexity index is 1000. The van der Waals surface area contributed by atoms with Crippen LogP contribution in [0.15, 0.2) is 53.4 Å². The van der Waals surface area contributed by atoms with Crippen molar-refractivity contribution in [2.24, 2.45) is 0 Å². The first kappa shape index (κ1) is 22.1. The third-order valence-electron chi connectivity index (χ3n) is 4.75. The lowest BCUT2D eigenvalue weighted by Gasteiger charge is -2.20. The summed E-state index contributed by atoms with van der Waals surface area (Å²) in [5.74, 6) is -0.368. The average molecular weight is 442 g/mol. The summed E-state index contributed by atoms with van der Waals surface area (Å²) in [6, 6.07) is 8.85. The van der Waals surface area contributed by atoms with E-state index < -0.39 is 21.8 Å². The Labute approximate surface area is 172 Å². The quantitative estimate of drug-likeness (QED) is 0.713. The average Bonchev–Trinajstić information content (AvgIpc) is 3.22. The summed E-state index contributed by atoms with van der Waals surface area (Å²) in [7, 11) is -4.12. The Kier molecular flexibility index (Phi) is 6.37. The van der Waals surface area contributed by atoms with E-state index in [1.807, 2.05) is 6.92 Å².